The number of anilines is 1. The van der Waals surface area contributed by atoms with E-state index in [9.17, 15) is 9.90 Å². The maximum atomic E-state index is 11.4. The number of halogens is 1. The van der Waals surface area contributed by atoms with Crippen LogP contribution in [0.5, 0.6) is 0 Å². The first kappa shape index (κ1) is 18.2. The molecule has 0 bridgehead atoms. The normalized spacial score (nSPS) is 21.5. The maximum absolute atomic E-state index is 11.4. The molecule has 4 nitrogen and oxygen atoms in total. The van der Waals surface area contributed by atoms with Gasteiger partial charge in [0, 0.05) is 18.2 Å². The predicted molar refractivity (Wildman–Crippen MR) is 106 cm³/mol. The average Bonchev–Trinajstić information content (AvgIpc) is 2.58. The number of carbonyl (C=O) groups excluding carboxylic acids is 1. The minimum atomic E-state index is -1.44. The fourth-order valence-corrected chi connectivity index (χ4v) is 3.32. The fraction of sp³-hybridized carbons (Fsp3) is 0.190. The number of rotatable bonds is 4. The van der Waals surface area contributed by atoms with Crippen LogP contribution in [0.25, 0.3) is 11.1 Å². The quantitative estimate of drug-likeness (QED) is 0.713. The van der Waals surface area contributed by atoms with Gasteiger partial charge < -0.3 is 15.7 Å². The lowest BCUT2D eigenvalue weighted by molar-refractivity contribution is -0.120. The second-order valence-electron chi connectivity index (χ2n) is 6.38. The summed E-state index contributed by atoms with van der Waals surface area (Å²) in [6.07, 6.45) is 6.86. The molecule has 0 aliphatic heterocycles. The van der Waals surface area contributed by atoms with Crippen LogP contribution < -0.4 is 10.6 Å². The third kappa shape index (κ3) is 3.82. The molecule has 0 spiro atoms. The van der Waals surface area contributed by atoms with Gasteiger partial charge in [-0.1, -0.05) is 60.2 Å². The van der Waals surface area contributed by atoms with Crippen molar-refractivity contribution in [3.05, 3.63) is 77.4 Å². The molecule has 0 radical (unpaired) electrons. The second kappa shape index (κ2) is 7.36. The first-order valence-electron chi connectivity index (χ1n) is 8.38. The topological polar surface area (TPSA) is 61.4 Å². The highest BCUT2D eigenvalue weighted by Gasteiger charge is 2.34. The number of amides is 1. The van der Waals surface area contributed by atoms with Crippen LogP contribution in [-0.4, -0.2) is 22.8 Å². The van der Waals surface area contributed by atoms with Gasteiger partial charge in [-0.3, -0.25) is 4.79 Å². The second-order valence-corrected chi connectivity index (χ2v) is 6.79. The minimum Gasteiger partial charge on any atom is -0.365 e. The molecule has 0 saturated heterocycles. The van der Waals surface area contributed by atoms with Crippen molar-refractivity contribution in [1.82, 2.24) is 5.32 Å². The van der Waals surface area contributed by atoms with Gasteiger partial charge in [-0.15, -0.1) is 0 Å². The lowest BCUT2D eigenvalue weighted by Crippen LogP contribution is -2.55. The molecule has 0 heterocycles. The first-order valence-corrected chi connectivity index (χ1v) is 8.76. The zero-order valence-corrected chi connectivity index (χ0v) is 15.4. The number of hydrogen-bond acceptors (Lipinski definition) is 3. The summed E-state index contributed by atoms with van der Waals surface area (Å²) >= 11 is 6.50. The van der Waals surface area contributed by atoms with Gasteiger partial charge in [-0.25, -0.2) is 0 Å². The molecule has 0 aromatic heterocycles. The Morgan fingerprint density at radius 2 is 1.92 bits per heavy atom. The molecule has 26 heavy (non-hydrogen) atoms. The van der Waals surface area contributed by atoms with E-state index < -0.39 is 11.8 Å². The van der Waals surface area contributed by atoms with E-state index in [1.54, 1.807) is 30.4 Å². The van der Waals surface area contributed by atoms with Crippen molar-refractivity contribution in [3.63, 3.8) is 0 Å². The van der Waals surface area contributed by atoms with Gasteiger partial charge in [0.1, 0.15) is 0 Å². The molecule has 2 atom stereocenters. The van der Waals surface area contributed by atoms with Crippen LogP contribution in [0.15, 0.2) is 66.8 Å². The van der Waals surface area contributed by atoms with Gasteiger partial charge in [0.2, 0.25) is 5.91 Å². The number of nitrogens with one attached hydrogen (secondary N) is 2. The maximum Gasteiger partial charge on any atom is 0.217 e. The molecular weight excluding hydrogens is 348 g/mol. The molecule has 5 heteroatoms. The summed E-state index contributed by atoms with van der Waals surface area (Å²) in [6, 6.07) is 13.0. The van der Waals surface area contributed by atoms with Crippen LogP contribution in [0.2, 0.25) is 5.02 Å². The zero-order chi connectivity index (χ0) is 18.7. The molecule has 1 aliphatic rings. The molecule has 3 N–H and O–H groups in total. The first-order chi connectivity index (χ1) is 12.4. The lowest BCUT2D eigenvalue weighted by Gasteiger charge is -2.35. The highest BCUT2D eigenvalue weighted by atomic mass is 35.5. The van der Waals surface area contributed by atoms with Crippen LogP contribution in [0.4, 0.5) is 5.69 Å². The third-order valence-corrected chi connectivity index (χ3v) is 4.66. The summed E-state index contributed by atoms with van der Waals surface area (Å²) in [4.78, 5) is 11.4. The summed E-state index contributed by atoms with van der Waals surface area (Å²) < 4.78 is 0. The Bertz CT molecular complexity index is 891. The van der Waals surface area contributed by atoms with Crippen molar-refractivity contribution in [2.45, 2.75) is 25.6 Å². The average molecular weight is 369 g/mol. The molecule has 2 aromatic carbocycles. The number of hydrogen-bond donors (Lipinski definition) is 3. The fourth-order valence-electron chi connectivity index (χ4n) is 3.04. The summed E-state index contributed by atoms with van der Waals surface area (Å²) in [5.41, 5.74) is 2.36. The molecule has 2 unspecified atom stereocenters. The molecule has 1 amide bonds. The molecule has 1 aliphatic carbocycles. The van der Waals surface area contributed by atoms with Gasteiger partial charge in [0.05, 0.1) is 11.1 Å². The summed E-state index contributed by atoms with van der Waals surface area (Å²) in [5.74, 6) is -0.219. The molecule has 134 valence electrons. The van der Waals surface area contributed by atoms with Gasteiger partial charge in [0.25, 0.3) is 0 Å². The standard InChI is InChI=1S/C21H21ClN2O2/c1-14-7-3-4-8-17(14)18-11-10-16(13-19(18)22)24-21(26)12-6-5-9-20(21)23-15(2)25/h3-13,20,24,26H,1-2H3,(H,23,25). The van der Waals surface area contributed by atoms with E-state index in [0.29, 0.717) is 10.7 Å². The van der Waals surface area contributed by atoms with Crippen molar-refractivity contribution in [2.24, 2.45) is 0 Å². The Kier molecular flexibility index (Phi) is 5.16. The van der Waals surface area contributed by atoms with E-state index in [1.165, 1.54) is 6.92 Å². The van der Waals surface area contributed by atoms with E-state index in [-0.39, 0.29) is 5.91 Å². The molecule has 0 fully saturated rings. The summed E-state index contributed by atoms with van der Waals surface area (Å²) in [6.45, 7) is 3.46. The Morgan fingerprint density at radius 3 is 2.62 bits per heavy atom. The largest absolute Gasteiger partial charge is 0.365 e. The Balaban J connectivity index is 1.88. The highest BCUT2D eigenvalue weighted by Crippen LogP contribution is 2.33. The van der Waals surface area contributed by atoms with E-state index in [0.717, 1.165) is 16.7 Å². The van der Waals surface area contributed by atoms with E-state index in [1.807, 2.05) is 43.3 Å². The van der Waals surface area contributed by atoms with Crippen LogP contribution >= 0.6 is 11.6 Å². The van der Waals surface area contributed by atoms with E-state index in [2.05, 4.69) is 10.6 Å². The van der Waals surface area contributed by atoms with Crippen LogP contribution in [-0.2, 0) is 4.79 Å². The number of carbonyl (C=O) groups is 1. The number of aryl methyl sites for hydroxylation is 1. The molecular formula is C21H21ClN2O2. The number of aliphatic hydroxyl groups is 1. The van der Waals surface area contributed by atoms with Crippen LogP contribution in [0.3, 0.4) is 0 Å². The SMILES string of the molecule is CC(=O)NC1C=CC=CC1(O)Nc1ccc(-c2ccccc2C)c(Cl)c1. The lowest BCUT2D eigenvalue weighted by atomic mass is 9.97. The monoisotopic (exact) mass is 368 g/mol. The molecule has 3 rings (SSSR count). The van der Waals surface area contributed by atoms with Gasteiger partial charge in [-0.2, -0.15) is 0 Å². The van der Waals surface area contributed by atoms with Gasteiger partial charge in [-0.05, 0) is 36.3 Å². The Hall–Kier alpha value is -2.56. The van der Waals surface area contributed by atoms with E-state index >= 15 is 0 Å². The van der Waals surface area contributed by atoms with Gasteiger partial charge in [0.15, 0.2) is 5.72 Å². The van der Waals surface area contributed by atoms with Crippen LogP contribution in [0.1, 0.15) is 12.5 Å². The Labute approximate surface area is 158 Å². The van der Waals surface area contributed by atoms with E-state index in [4.69, 9.17) is 11.6 Å². The zero-order valence-electron chi connectivity index (χ0n) is 14.7. The summed E-state index contributed by atoms with van der Waals surface area (Å²) in [7, 11) is 0. The van der Waals surface area contributed by atoms with Gasteiger partial charge >= 0.3 is 0 Å². The Morgan fingerprint density at radius 1 is 1.15 bits per heavy atom. The summed E-state index contributed by atoms with van der Waals surface area (Å²) in [5, 5.41) is 17.3. The van der Waals surface area contributed by atoms with Crippen molar-refractivity contribution in [1.29, 1.82) is 0 Å². The van der Waals surface area contributed by atoms with Crippen molar-refractivity contribution in [2.75, 3.05) is 5.32 Å². The number of benzene rings is 2. The predicted octanol–water partition coefficient (Wildman–Crippen LogP) is 4.05. The van der Waals surface area contributed by atoms with Crippen LogP contribution in [0, 0.1) is 6.92 Å². The minimum absolute atomic E-state index is 0.219. The van der Waals surface area contributed by atoms with Crippen molar-refractivity contribution in [3.8, 4) is 11.1 Å². The molecule has 0 saturated carbocycles. The smallest absolute Gasteiger partial charge is 0.217 e. The molecule has 2 aromatic rings. The third-order valence-electron chi connectivity index (χ3n) is 4.35. The van der Waals surface area contributed by atoms with Crippen molar-refractivity contribution >= 4 is 23.2 Å². The highest BCUT2D eigenvalue weighted by molar-refractivity contribution is 6.33. The van der Waals surface area contributed by atoms with Crippen molar-refractivity contribution < 1.29 is 9.90 Å². The number of allylic oxidation sites excluding steroid dienone is 2.